The minimum Gasteiger partial charge on any atom is -0.379 e. The van der Waals surface area contributed by atoms with Crippen molar-refractivity contribution in [2.24, 2.45) is 0 Å². The molecule has 0 aliphatic carbocycles. The van der Waals surface area contributed by atoms with Gasteiger partial charge < -0.3 is 10.1 Å². The van der Waals surface area contributed by atoms with Gasteiger partial charge >= 0.3 is 0 Å². The molecule has 2 aromatic carbocycles. The molecule has 3 aromatic rings. The molecule has 31 heavy (non-hydrogen) atoms. The Labute approximate surface area is 190 Å². The molecule has 9 heteroatoms. The van der Waals surface area contributed by atoms with Crippen molar-refractivity contribution in [2.75, 3.05) is 37.4 Å². The van der Waals surface area contributed by atoms with E-state index in [1.165, 1.54) is 11.8 Å². The van der Waals surface area contributed by atoms with Crippen LogP contribution >= 0.6 is 23.4 Å². The number of anilines is 1. The lowest BCUT2D eigenvalue weighted by Crippen LogP contribution is -2.36. The lowest BCUT2D eigenvalue weighted by Gasteiger charge is -2.26. The van der Waals surface area contributed by atoms with Gasteiger partial charge in [-0.1, -0.05) is 41.6 Å². The van der Waals surface area contributed by atoms with Crippen LogP contribution in [0.3, 0.4) is 0 Å². The van der Waals surface area contributed by atoms with Crippen molar-refractivity contribution in [3.05, 3.63) is 64.9 Å². The highest BCUT2D eigenvalue weighted by Crippen LogP contribution is 2.24. The number of para-hydroxylation sites is 1. The van der Waals surface area contributed by atoms with Gasteiger partial charge in [-0.2, -0.15) is 0 Å². The Morgan fingerprint density at radius 2 is 1.94 bits per heavy atom. The molecule has 1 amide bonds. The fourth-order valence-corrected chi connectivity index (χ4v) is 4.23. The summed E-state index contributed by atoms with van der Waals surface area (Å²) in [5.41, 5.74) is 2.63. The van der Waals surface area contributed by atoms with Crippen LogP contribution < -0.4 is 5.32 Å². The van der Waals surface area contributed by atoms with E-state index in [-0.39, 0.29) is 11.7 Å². The maximum absolute atomic E-state index is 12.5. The number of hydrogen-bond acceptors (Lipinski definition) is 6. The van der Waals surface area contributed by atoms with Crippen molar-refractivity contribution in [3.63, 3.8) is 0 Å². The molecule has 0 saturated carbocycles. The third kappa shape index (κ3) is 5.65. The number of thioether (sulfide) groups is 1. The number of aromatic nitrogens is 3. The minimum absolute atomic E-state index is 0.107. The van der Waals surface area contributed by atoms with Gasteiger partial charge in [0.1, 0.15) is 0 Å². The Morgan fingerprint density at radius 3 is 2.68 bits per heavy atom. The first-order valence-corrected chi connectivity index (χ1v) is 11.4. The highest BCUT2D eigenvalue weighted by molar-refractivity contribution is 7.99. The van der Waals surface area contributed by atoms with E-state index in [1.807, 2.05) is 47.9 Å². The second-order valence-corrected chi connectivity index (χ2v) is 8.61. The summed E-state index contributed by atoms with van der Waals surface area (Å²) < 4.78 is 7.47. The van der Waals surface area contributed by atoms with Crippen molar-refractivity contribution >= 4 is 35.0 Å². The van der Waals surface area contributed by atoms with Crippen LogP contribution in [0, 0.1) is 6.92 Å². The number of carbonyl (C=O) groups is 1. The van der Waals surface area contributed by atoms with Crippen LogP contribution in [0.25, 0.3) is 5.69 Å². The topological polar surface area (TPSA) is 72.3 Å². The summed E-state index contributed by atoms with van der Waals surface area (Å²) in [5.74, 6) is 0.970. The lowest BCUT2D eigenvalue weighted by molar-refractivity contribution is -0.113. The number of aryl methyl sites for hydroxylation is 1. The number of halogens is 1. The molecule has 162 valence electrons. The van der Waals surface area contributed by atoms with Gasteiger partial charge in [-0.05, 0) is 42.8 Å². The molecule has 0 unspecified atom stereocenters. The summed E-state index contributed by atoms with van der Waals surface area (Å²) in [6.07, 6.45) is 0. The molecule has 4 rings (SSSR count). The Morgan fingerprint density at radius 1 is 1.16 bits per heavy atom. The molecule has 1 aliphatic heterocycles. The largest absolute Gasteiger partial charge is 0.379 e. The van der Waals surface area contributed by atoms with Crippen molar-refractivity contribution in [1.29, 1.82) is 0 Å². The zero-order valence-electron chi connectivity index (χ0n) is 17.3. The van der Waals surface area contributed by atoms with E-state index in [2.05, 4.69) is 20.4 Å². The van der Waals surface area contributed by atoms with E-state index in [0.717, 1.165) is 49.1 Å². The zero-order valence-corrected chi connectivity index (χ0v) is 18.8. The van der Waals surface area contributed by atoms with Crippen LogP contribution in [0.5, 0.6) is 0 Å². The smallest absolute Gasteiger partial charge is 0.234 e. The van der Waals surface area contributed by atoms with E-state index in [0.29, 0.717) is 16.7 Å². The maximum atomic E-state index is 12.5. The number of amides is 1. The molecule has 1 aromatic heterocycles. The molecule has 1 saturated heterocycles. The SMILES string of the molecule is Cc1cc(NC(=O)CSc2nnc(CN3CCOCC3)n2-c2ccccc2)ccc1Cl. The van der Waals surface area contributed by atoms with Crippen molar-refractivity contribution < 1.29 is 9.53 Å². The van der Waals surface area contributed by atoms with E-state index < -0.39 is 0 Å². The average molecular weight is 458 g/mol. The van der Waals surface area contributed by atoms with Crippen molar-refractivity contribution in [2.45, 2.75) is 18.6 Å². The van der Waals surface area contributed by atoms with E-state index >= 15 is 0 Å². The number of hydrogen-bond donors (Lipinski definition) is 1. The monoisotopic (exact) mass is 457 g/mol. The van der Waals surface area contributed by atoms with Gasteiger partial charge in [0.25, 0.3) is 0 Å². The lowest BCUT2D eigenvalue weighted by atomic mass is 10.2. The second kappa shape index (κ2) is 10.3. The van der Waals surface area contributed by atoms with Gasteiger partial charge in [0.05, 0.1) is 25.5 Å². The van der Waals surface area contributed by atoms with Crippen LogP contribution in [0.2, 0.25) is 5.02 Å². The first kappa shape index (κ1) is 21.8. The Kier molecular flexibility index (Phi) is 7.24. The number of carbonyl (C=O) groups excluding carboxylic acids is 1. The quantitative estimate of drug-likeness (QED) is 0.544. The third-order valence-corrected chi connectivity index (χ3v) is 6.31. The average Bonchev–Trinajstić information content (AvgIpc) is 3.18. The molecule has 7 nitrogen and oxygen atoms in total. The summed E-state index contributed by atoms with van der Waals surface area (Å²) in [6, 6.07) is 15.4. The fourth-order valence-electron chi connectivity index (χ4n) is 3.34. The summed E-state index contributed by atoms with van der Waals surface area (Å²) in [7, 11) is 0. The minimum atomic E-state index is -0.107. The Hall–Kier alpha value is -2.39. The summed E-state index contributed by atoms with van der Waals surface area (Å²) in [5, 5.41) is 13.1. The standard InChI is InChI=1S/C22H24ClN5O2S/c1-16-13-17(7-8-19(16)23)24-21(29)15-31-22-26-25-20(14-27-9-11-30-12-10-27)28(22)18-5-3-2-4-6-18/h2-8,13H,9-12,14-15H2,1H3,(H,24,29). The summed E-state index contributed by atoms with van der Waals surface area (Å²) in [6.45, 7) is 5.78. The molecule has 1 aliphatic rings. The molecule has 0 radical (unpaired) electrons. The van der Waals surface area contributed by atoms with Crippen LogP contribution in [-0.2, 0) is 16.1 Å². The zero-order chi connectivity index (χ0) is 21.6. The molecule has 0 spiro atoms. The predicted molar refractivity (Wildman–Crippen MR) is 123 cm³/mol. The van der Waals surface area contributed by atoms with E-state index in [4.69, 9.17) is 16.3 Å². The molecule has 0 atom stereocenters. The Bertz CT molecular complexity index is 1040. The van der Waals surface area contributed by atoms with Gasteiger partial charge in [0.2, 0.25) is 5.91 Å². The van der Waals surface area contributed by atoms with Crippen LogP contribution in [-0.4, -0.2) is 57.6 Å². The number of ether oxygens (including phenoxy) is 1. The molecular formula is C22H24ClN5O2S. The second-order valence-electron chi connectivity index (χ2n) is 7.26. The molecule has 2 heterocycles. The van der Waals surface area contributed by atoms with Gasteiger partial charge in [-0.25, -0.2) is 0 Å². The summed E-state index contributed by atoms with van der Waals surface area (Å²) in [4.78, 5) is 14.8. The summed E-state index contributed by atoms with van der Waals surface area (Å²) >= 11 is 7.43. The number of benzene rings is 2. The van der Waals surface area contributed by atoms with E-state index in [1.54, 1.807) is 12.1 Å². The fraction of sp³-hybridized carbons (Fsp3) is 0.318. The van der Waals surface area contributed by atoms with Gasteiger partial charge in [0.15, 0.2) is 11.0 Å². The number of morpholine rings is 1. The third-order valence-electron chi connectivity index (χ3n) is 4.96. The van der Waals surface area contributed by atoms with Gasteiger partial charge in [-0.3, -0.25) is 14.3 Å². The van der Waals surface area contributed by atoms with Crippen molar-refractivity contribution in [1.82, 2.24) is 19.7 Å². The van der Waals surface area contributed by atoms with Gasteiger partial charge in [-0.15, -0.1) is 10.2 Å². The molecular weight excluding hydrogens is 434 g/mol. The molecule has 1 fully saturated rings. The molecule has 1 N–H and O–H groups in total. The highest BCUT2D eigenvalue weighted by Gasteiger charge is 2.19. The van der Waals surface area contributed by atoms with Crippen LogP contribution in [0.15, 0.2) is 53.7 Å². The highest BCUT2D eigenvalue weighted by atomic mass is 35.5. The molecule has 0 bridgehead atoms. The van der Waals surface area contributed by atoms with Crippen LogP contribution in [0.4, 0.5) is 5.69 Å². The van der Waals surface area contributed by atoms with Crippen molar-refractivity contribution in [3.8, 4) is 5.69 Å². The normalized spacial score (nSPS) is 14.5. The predicted octanol–water partition coefficient (Wildman–Crippen LogP) is 3.79. The Balaban J connectivity index is 1.48. The first-order chi connectivity index (χ1) is 15.1. The number of nitrogens with one attached hydrogen (secondary N) is 1. The van der Waals surface area contributed by atoms with Gasteiger partial charge in [0, 0.05) is 29.5 Å². The van der Waals surface area contributed by atoms with E-state index in [9.17, 15) is 4.79 Å². The first-order valence-electron chi connectivity index (χ1n) is 10.1. The maximum Gasteiger partial charge on any atom is 0.234 e. The van der Waals surface area contributed by atoms with Crippen LogP contribution in [0.1, 0.15) is 11.4 Å². The number of rotatable bonds is 7. The number of nitrogens with zero attached hydrogens (tertiary/aromatic N) is 4.